The quantitative estimate of drug-likeness (QED) is 0.0886. The summed E-state index contributed by atoms with van der Waals surface area (Å²) in [6, 6.07) is 31.9. The molecule has 0 amide bonds. The van der Waals surface area contributed by atoms with E-state index < -0.39 is 12.2 Å². The van der Waals surface area contributed by atoms with Crippen molar-refractivity contribution in [3.63, 3.8) is 0 Å². The third kappa shape index (κ3) is 14.3. The smallest absolute Gasteiger partial charge is 0.491 e. The zero-order valence-electron chi connectivity index (χ0n) is 49.1. The van der Waals surface area contributed by atoms with Gasteiger partial charge in [-0.1, -0.05) is 155 Å². The highest BCUT2D eigenvalue weighted by molar-refractivity contribution is 6.62. The number of halogens is 1. The lowest BCUT2D eigenvalue weighted by molar-refractivity contribution is -0.191. The van der Waals surface area contributed by atoms with E-state index in [1.165, 1.54) is 27.8 Å². The topological polar surface area (TPSA) is 112 Å². The first-order valence-corrected chi connectivity index (χ1v) is 27.2. The Hall–Kier alpha value is -5.09. The molecule has 1 heterocycles. The predicted octanol–water partition coefficient (Wildman–Crippen LogP) is 14.5. The second-order valence-electron chi connectivity index (χ2n) is 23.9. The van der Waals surface area contributed by atoms with Crippen LogP contribution in [0.2, 0.25) is 0 Å². The van der Waals surface area contributed by atoms with E-state index in [2.05, 4.69) is 150 Å². The Morgan fingerprint density at radius 1 is 0.560 bits per heavy atom. The average molecular weight is 1030 g/mol. The summed E-state index contributed by atoms with van der Waals surface area (Å²) in [4.78, 5) is 16.2. The molecule has 6 rings (SSSR count). The van der Waals surface area contributed by atoms with Crippen LogP contribution >= 0.6 is 0 Å². The minimum Gasteiger partial charge on any atom is -0.491 e. The molecule has 10 heteroatoms. The molecule has 8 nitrogen and oxygen atoms in total. The fourth-order valence-electron chi connectivity index (χ4n) is 10.0. The van der Waals surface area contributed by atoms with Crippen molar-refractivity contribution in [1.82, 2.24) is 0 Å². The van der Waals surface area contributed by atoms with E-state index in [1.807, 2.05) is 66.7 Å². The Labute approximate surface area is 451 Å². The van der Waals surface area contributed by atoms with Gasteiger partial charge < -0.3 is 29.0 Å². The molecule has 5 aromatic rings. The van der Waals surface area contributed by atoms with E-state index in [0.717, 1.165) is 76.0 Å². The van der Waals surface area contributed by atoms with E-state index in [9.17, 15) is 14.6 Å². The molecule has 5 aromatic carbocycles. The van der Waals surface area contributed by atoms with Crippen molar-refractivity contribution in [2.24, 2.45) is 10.8 Å². The summed E-state index contributed by atoms with van der Waals surface area (Å²) in [5, 5.41) is 20.8. The van der Waals surface area contributed by atoms with Crippen LogP contribution < -0.4 is 14.9 Å². The summed E-state index contributed by atoms with van der Waals surface area (Å²) in [6.07, 6.45) is 3.79. The van der Waals surface area contributed by atoms with Gasteiger partial charge in [0.25, 0.3) is 0 Å². The molecule has 75 heavy (non-hydrogen) atoms. The number of rotatable bonds is 17. The molecule has 0 aromatic heterocycles. The van der Waals surface area contributed by atoms with Gasteiger partial charge in [0, 0.05) is 10.8 Å². The van der Waals surface area contributed by atoms with Gasteiger partial charge in [-0.25, -0.2) is 4.39 Å². The summed E-state index contributed by atoms with van der Waals surface area (Å²) in [6.45, 7) is 40.4. The standard InChI is InChI=1S/C33H43FO2.C31H47BO4.CO2/c1-9-24-12-13-25(20-29(24)34)28-16-14-26(18-22(28)4)33(10-2,11-3)27-15-17-30(23(5)19-27)36-21-31(35)32(6,7)8;1-12-31(13-2,24-15-17-26(22(4)19-24)34-20-27(33)28(5,6)7)23-14-16-25(21(3)18-23)32-35-29(8,9)30(10,11)36-32;2-1-3/h12-20,31,35H,9-11,21H2,1-8H3;14-19,27,33H,12-13,20H2,1-11H3;. The lowest BCUT2D eigenvalue weighted by Crippen LogP contribution is -2.41. The molecular formula is C65H90BFO8. The number of hydrogen-bond acceptors (Lipinski definition) is 8. The van der Waals surface area contributed by atoms with Gasteiger partial charge in [-0.3, -0.25) is 0 Å². The fourth-order valence-corrected chi connectivity index (χ4v) is 10.0. The van der Waals surface area contributed by atoms with Crippen molar-refractivity contribution in [2.45, 2.75) is 198 Å². The van der Waals surface area contributed by atoms with Crippen LogP contribution in [0, 0.1) is 44.3 Å². The molecule has 0 saturated carbocycles. The lowest BCUT2D eigenvalue weighted by atomic mass is 9.68. The molecule has 1 aliphatic rings. The van der Waals surface area contributed by atoms with Crippen molar-refractivity contribution in [3.05, 3.63) is 147 Å². The minimum absolute atomic E-state index is 0.104. The highest BCUT2D eigenvalue weighted by atomic mass is 19.1. The van der Waals surface area contributed by atoms with Crippen LogP contribution in [0.15, 0.2) is 91.0 Å². The summed E-state index contributed by atoms with van der Waals surface area (Å²) in [7, 11) is -0.358. The second-order valence-corrected chi connectivity index (χ2v) is 23.9. The van der Waals surface area contributed by atoms with Crippen LogP contribution in [0.25, 0.3) is 11.1 Å². The van der Waals surface area contributed by atoms with Crippen LogP contribution in [-0.4, -0.2) is 60.1 Å². The zero-order chi connectivity index (χ0) is 56.5. The van der Waals surface area contributed by atoms with Crippen LogP contribution in [0.4, 0.5) is 4.39 Å². The first-order valence-electron chi connectivity index (χ1n) is 27.2. The summed E-state index contributed by atoms with van der Waals surface area (Å²) in [5.41, 5.74) is 12.1. The van der Waals surface area contributed by atoms with Crippen molar-refractivity contribution in [2.75, 3.05) is 13.2 Å². The number of hydrogen-bond donors (Lipinski definition) is 2. The van der Waals surface area contributed by atoms with Gasteiger partial charge in [-0.15, -0.1) is 0 Å². The summed E-state index contributed by atoms with van der Waals surface area (Å²) < 4.78 is 39.1. The number of benzene rings is 5. The normalized spacial score (nSPS) is 15.2. The zero-order valence-corrected chi connectivity index (χ0v) is 49.1. The van der Waals surface area contributed by atoms with Gasteiger partial charge in [0.1, 0.15) is 30.5 Å². The highest BCUT2D eigenvalue weighted by Gasteiger charge is 2.52. The Kier molecular flexibility index (Phi) is 21.1. The predicted molar refractivity (Wildman–Crippen MR) is 305 cm³/mol. The molecular weight excluding hydrogens is 939 g/mol. The van der Waals surface area contributed by atoms with Gasteiger partial charge >= 0.3 is 13.3 Å². The number of aliphatic hydroxyl groups excluding tert-OH is 2. The van der Waals surface area contributed by atoms with Crippen molar-refractivity contribution in [3.8, 4) is 22.6 Å². The van der Waals surface area contributed by atoms with E-state index in [4.69, 9.17) is 28.4 Å². The molecule has 1 aliphatic heterocycles. The Balaban J connectivity index is 0.000000308. The van der Waals surface area contributed by atoms with Crippen LogP contribution in [0.5, 0.6) is 11.5 Å². The number of ether oxygens (including phenoxy) is 2. The van der Waals surface area contributed by atoms with Crippen molar-refractivity contribution >= 4 is 18.7 Å². The molecule has 0 bridgehead atoms. The maximum Gasteiger partial charge on any atom is 0.495 e. The number of aryl methyl sites for hydroxylation is 5. The SMILES string of the molecule is CCC(CC)(c1ccc(OCC(O)C(C)(C)C)c(C)c1)c1ccc(B2OC(C)(C)C(C)(C)O2)c(C)c1.CCc1ccc(-c2ccc(C(CC)(CC)c3ccc(OCC(O)C(C)(C)C)c(C)c3)cc2C)cc1F.O=C=O. The van der Waals surface area contributed by atoms with Gasteiger partial charge in [-0.2, -0.15) is 9.59 Å². The largest absolute Gasteiger partial charge is 0.495 e. The molecule has 0 spiro atoms. The van der Waals surface area contributed by atoms with Crippen molar-refractivity contribution < 1.29 is 43.0 Å². The van der Waals surface area contributed by atoms with E-state index in [1.54, 1.807) is 6.07 Å². The van der Waals surface area contributed by atoms with E-state index in [0.29, 0.717) is 6.42 Å². The Morgan fingerprint density at radius 3 is 1.27 bits per heavy atom. The Morgan fingerprint density at radius 2 is 0.933 bits per heavy atom. The van der Waals surface area contributed by atoms with Crippen LogP contribution in [0.1, 0.15) is 180 Å². The van der Waals surface area contributed by atoms with Crippen LogP contribution in [-0.2, 0) is 36.1 Å². The second kappa shape index (κ2) is 25.4. The van der Waals surface area contributed by atoms with Crippen LogP contribution in [0.3, 0.4) is 0 Å². The third-order valence-corrected chi connectivity index (χ3v) is 16.5. The minimum atomic E-state index is -0.532. The highest BCUT2D eigenvalue weighted by Crippen LogP contribution is 2.44. The number of aliphatic hydroxyl groups is 2. The lowest BCUT2D eigenvalue weighted by Gasteiger charge is -2.34. The average Bonchev–Trinajstić information content (AvgIpc) is 3.56. The summed E-state index contributed by atoms with van der Waals surface area (Å²) >= 11 is 0. The van der Waals surface area contributed by atoms with Gasteiger partial charge in [0.05, 0.1) is 23.4 Å². The van der Waals surface area contributed by atoms with Crippen molar-refractivity contribution in [1.29, 1.82) is 0 Å². The first kappa shape index (κ1) is 62.5. The molecule has 0 radical (unpaired) electrons. The van der Waals surface area contributed by atoms with Gasteiger partial charge in [0.2, 0.25) is 0 Å². The molecule has 0 aliphatic carbocycles. The first-order chi connectivity index (χ1) is 35.0. The van der Waals surface area contributed by atoms with E-state index in [-0.39, 0.29) is 65.2 Å². The molecule has 1 fully saturated rings. The molecule has 408 valence electrons. The maximum absolute atomic E-state index is 14.5. The Bertz CT molecular complexity index is 2700. The third-order valence-electron chi connectivity index (χ3n) is 16.5. The molecule has 2 unspecified atom stereocenters. The number of carbonyl (C=O) groups excluding carboxylic acids is 2. The van der Waals surface area contributed by atoms with Gasteiger partial charge in [-0.05, 0) is 178 Å². The summed E-state index contributed by atoms with van der Waals surface area (Å²) in [5.74, 6) is 1.51. The van der Waals surface area contributed by atoms with E-state index >= 15 is 0 Å². The molecule has 2 atom stereocenters. The van der Waals surface area contributed by atoms with Gasteiger partial charge in [0.15, 0.2) is 0 Å². The molecule has 1 saturated heterocycles. The molecule has 2 N–H and O–H groups in total. The fraction of sp³-hybridized carbons (Fsp3) is 0.523. The monoisotopic (exact) mass is 1030 g/mol. The maximum atomic E-state index is 14.5.